The van der Waals surface area contributed by atoms with Gasteiger partial charge in [-0.25, -0.2) is 0 Å². The van der Waals surface area contributed by atoms with Gasteiger partial charge in [-0.05, 0) is 0 Å². The van der Waals surface area contributed by atoms with Crippen molar-refractivity contribution in [2.75, 3.05) is 0 Å². The van der Waals surface area contributed by atoms with Gasteiger partial charge >= 0.3 is 67.3 Å². The Kier molecular flexibility index (Phi) is 509. The summed E-state index contributed by atoms with van der Waals surface area (Å²) in [4.78, 5) is 8.36. The van der Waals surface area contributed by atoms with Crippen LogP contribution in [0.5, 0.6) is 0 Å². The fourth-order valence-electron chi connectivity index (χ4n) is 0. The van der Waals surface area contributed by atoms with Crippen LogP contribution in [0, 0.1) is 10.1 Å². The topological polar surface area (TPSA) is 221 Å². The van der Waals surface area contributed by atoms with E-state index in [2.05, 4.69) is 0 Å². The number of nitrogens with zero attached hydrogens (tertiary/aromatic N) is 1. The molecule has 0 aromatic carbocycles. The summed E-state index contributed by atoms with van der Waals surface area (Å²) in [6, 6.07) is 0. The van der Waals surface area contributed by atoms with E-state index in [1.54, 1.807) is 0 Å². The summed E-state index contributed by atoms with van der Waals surface area (Å²) in [7, 11) is 0. The Bertz CT molecular complexity index is 37.1. The van der Waals surface area contributed by atoms with E-state index in [4.69, 9.17) is 15.3 Å². The van der Waals surface area contributed by atoms with Gasteiger partial charge in [0.1, 0.15) is 0 Å². The first-order valence-electron chi connectivity index (χ1n) is 0.565. The van der Waals surface area contributed by atoms with Crippen LogP contribution >= 0.6 is 0 Å². The normalized spacial score (nSPS) is 2.18. The molecule has 0 rings (SSSR count). The molecule has 0 aromatic rings. The Morgan fingerprint density at radius 1 is 1.00 bits per heavy atom. The van der Waals surface area contributed by atoms with E-state index in [0.29, 0.717) is 0 Å². The number of hydrogen-bond acceptors (Lipinski definition) is 2. The van der Waals surface area contributed by atoms with Gasteiger partial charge in [-0.15, -0.1) is 10.1 Å². The predicted octanol–water partition coefficient (Wildman–Crippen LogP) is -6.04. The van der Waals surface area contributed by atoms with Crippen LogP contribution in [-0.2, 0) is 0 Å². The van der Waals surface area contributed by atoms with Crippen LogP contribution in [0.3, 0.4) is 0 Å². The monoisotopic (exact) mass is 219 g/mol. The summed E-state index contributed by atoms with van der Waals surface area (Å²) in [5.74, 6) is 0. The molecule has 70 valence electrons. The maximum absolute atomic E-state index is 8.36. The van der Waals surface area contributed by atoms with Crippen molar-refractivity contribution in [2.45, 2.75) is 0 Å². The fraction of sp³-hybridized carbons (Fsp3) is 0. The molecule has 0 amide bonds. The molecular weight excluding hydrogens is 205 g/mol. The first-order valence-corrected chi connectivity index (χ1v) is 0.565. The molecule has 0 atom stereocenters. The SMILES string of the molecule is O.O.O.O.O.O=[N+]([O-])O.[CaH2].[NaH]. The zero-order chi connectivity index (χ0) is 3.58. The Labute approximate surface area is 114 Å². The Morgan fingerprint density at radius 3 is 1.00 bits per heavy atom. The third-order valence-corrected chi connectivity index (χ3v) is 0. The third kappa shape index (κ3) is 608. The molecule has 0 saturated heterocycles. The van der Waals surface area contributed by atoms with E-state index >= 15 is 0 Å². The summed E-state index contributed by atoms with van der Waals surface area (Å²) in [5, 5.41) is 13.6. The quantitative estimate of drug-likeness (QED) is 0.238. The molecule has 0 heterocycles. The fourth-order valence-corrected chi connectivity index (χ4v) is 0. The molecule has 0 bridgehead atoms. The van der Waals surface area contributed by atoms with Gasteiger partial charge in [0.15, 0.2) is 0 Å². The van der Waals surface area contributed by atoms with Crippen molar-refractivity contribution in [3.8, 4) is 0 Å². The molecule has 0 aliphatic carbocycles. The van der Waals surface area contributed by atoms with Crippen molar-refractivity contribution in [1.29, 1.82) is 0 Å². The van der Waals surface area contributed by atoms with Crippen molar-refractivity contribution in [3.63, 3.8) is 0 Å². The molecule has 0 saturated carbocycles. The van der Waals surface area contributed by atoms with Gasteiger partial charge in [0.05, 0.1) is 0 Å². The van der Waals surface area contributed by atoms with E-state index in [1.807, 2.05) is 0 Å². The standard InChI is InChI=1S/Ca.HNO3.Na.5H2O.3H/c;2-1(3)4;;;;;;;;;/h;(H,2,3,4);;5*1H2;;;. The Hall–Kier alpha value is 1.26. The molecule has 0 unspecified atom stereocenters. The van der Waals surface area contributed by atoms with Crippen molar-refractivity contribution >= 4 is 67.3 Å². The van der Waals surface area contributed by atoms with Crippen molar-refractivity contribution in [3.05, 3.63) is 10.1 Å². The minimum absolute atomic E-state index is 0. The van der Waals surface area contributed by atoms with Gasteiger partial charge < -0.3 is 32.6 Å². The summed E-state index contributed by atoms with van der Waals surface area (Å²) < 4.78 is 0. The Morgan fingerprint density at radius 2 is 1.00 bits per heavy atom. The summed E-state index contributed by atoms with van der Waals surface area (Å²) >= 11 is 0. The number of hydrogen-bond donors (Lipinski definition) is 1. The number of rotatable bonds is 0. The van der Waals surface area contributed by atoms with Crippen LogP contribution in [0.1, 0.15) is 0 Å². The predicted molar refractivity (Wildman–Crippen MR) is 42.5 cm³/mol. The van der Waals surface area contributed by atoms with Gasteiger partial charge in [-0.3, -0.25) is 0 Å². The first-order chi connectivity index (χ1) is 1.73. The second-order valence-electron chi connectivity index (χ2n) is 0.238. The zero-order valence-corrected chi connectivity index (χ0v) is 4.21. The van der Waals surface area contributed by atoms with E-state index in [1.165, 1.54) is 0 Å². The molecule has 0 spiro atoms. The molecule has 0 fully saturated rings. The molecule has 0 aliphatic heterocycles. The van der Waals surface area contributed by atoms with Crippen LogP contribution in [0.4, 0.5) is 0 Å². The molecule has 9 nitrogen and oxygen atoms in total. The zero-order valence-electron chi connectivity index (χ0n) is 4.21. The van der Waals surface area contributed by atoms with Crippen LogP contribution in [0.15, 0.2) is 0 Å². The summed E-state index contributed by atoms with van der Waals surface area (Å²) in [6.45, 7) is 0. The summed E-state index contributed by atoms with van der Waals surface area (Å²) in [6.07, 6.45) is 0. The van der Waals surface area contributed by atoms with Crippen LogP contribution in [-0.4, -0.2) is 105 Å². The second kappa shape index (κ2) is 65.3. The van der Waals surface area contributed by atoms with Crippen LogP contribution in [0.25, 0.3) is 0 Å². The first kappa shape index (κ1) is 85.7. The van der Waals surface area contributed by atoms with Gasteiger partial charge in [0.2, 0.25) is 0 Å². The third-order valence-electron chi connectivity index (χ3n) is 0. The van der Waals surface area contributed by atoms with Gasteiger partial charge in [-0.2, -0.15) is 0 Å². The van der Waals surface area contributed by atoms with Gasteiger partial charge in [0.25, 0.3) is 5.09 Å². The molecule has 0 radical (unpaired) electrons. The molecular formula is H14CaNNaO8. The maximum atomic E-state index is 8.36. The minimum atomic E-state index is -1.50. The Balaban J connectivity index is -0.00000000214. The van der Waals surface area contributed by atoms with Crippen LogP contribution < -0.4 is 0 Å². The van der Waals surface area contributed by atoms with Crippen LogP contribution in [0.2, 0.25) is 0 Å². The van der Waals surface area contributed by atoms with Crippen molar-refractivity contribution in [2.24, 2.45) is 0 Å². The van der Waals surface area contributed by atoms with Gasteiger partial charge in [0, 0.05) is 0 Å². The summed E-state index contributed by atoms with van der Waals surface area (Å²) in [5.41, 5.74) is 0. The second-order valence-corrected chi connectivity index (χ2v) is 0.238. The molecule has 11 N–H and O–H groups in total. The van der Waals surface area contributed by atoms with E-state index < -0.39 is 5.09 Å². The molecule has 11 heteroatoms. The molecule has 0 aromatic heterocycles. The van der Waals surface area contributed by atoms with Crippen molar-refractivity contribution < 1.29 is 37.7 Å². The average Bonchev–Trinajstić information content (AvgIpc) is 0.811. The van der Waals surface area contributed by atoms with Gasteiger partial charge in [-0.1, -0.05) is 0 Å². The van der Waals surface area contributed by atoms with E-state index in [9.17, 15) is 0 Å². The van der Waals surface area contributed by atoms with E-state index in [0.717, 1.165) is 0 Å². The van der Waals surface area contributed by atoms with Crippen molar-refractivity contribution in [1.82, 2.24) is 0 Å². The molecule has 0 aliphatic rings. The van der Waals surface area contributed by atoms with E-state index in [-0.39, 0.29) is 94.7 Å². The molecule has 11 heavy (non-hydrogen) atoms. The average molecular weight is 219 g/mol.